The molecule has 1 N–H and O–H groups in total. The molecule has 3 rings (SSSR count). The average Bonchev–Trinajstić information content (AvgIpc) is 2.62. The molecule has 0 atom stereocenters. The Bertz CT molecular complexity index is 682. The van der Waals surface area contributed by atoms with E-state index in [4.69, 9.17) is 0 Å². The third-order valence-corrected chi connectivity index (χ3v) is 7.62. The van der Waals surface area contributed by atoms with Gasteiger partial charge in [-0.1, -0.05) is 54.6 Å². The number of rotatable bonds is 4. The number of halogens is 1. The molecule has 0 unspecified atom stereocenters. The third kappa shape index (κ3) is 3.51. The van der Waals surface area contributed by atoms with Gasteiger partial charge in [-0.3, -0.25) is 4.79 Å². The lowest BCUT2D eigenvalue weighted by molar-refractivity contribution is -0.117. The summed E-state index contributed by atoms with van der Waals surface area (Å²) in [5.41, 5.74) is 0. The first kappa shape index (κ1) is 18.2. The van der Waals surface area contributed by atoms with Gasteiger partial charge in [0, 0.05) is 6.92 Å². The van der Waals surface area contributed by atoms with Crippen molar-refractivity contribution < 1.29 is 17.2 Å². The molecule has 1 amide bonds. The van der Waals surface area contributed by atoms with Crippen LogP contribution in [0.15, 0.2) is 91.0 Å². The molecule has 24 heavy (non-hydrogen) atoms. The summed E-state index contributed by atoms with van der Waals surface area (Å²) in [4.78, 5) is 12.1. The molecular formula is C20H19ClNOP. The molecule has 0 bridgehead atoms. The van der Waals surface area contributed by atoms with E-state index in [1.165, 1.54) is 0 Å². The van der Waals surface area contributed by atoms with Crippen molar-refractivity contribution in [2.45, 2.75) is 6.92 Å². The number of hydrogen-bond donors (Lipinski definition) is 1. The van der Waals surface area contributed by atoms with Crippen LogP contribution in [0.5, 0.6) is 0 Å². The van der Waals surface area contributed by atoms with Crippen molar-refractivity contribution in [1.29, 1.82) is 0 Å². The summed E-state index contributed by atoms with van der Waals surface area (Å²) in [7, 11) is -2.21. The van der Waals surface area contributed by atoms with Gasteiger partial charge in [-0.05, 0) is 36.4 Å². The molecule has 0 aliphatic carbocycles. The fourth-order valence-electron chi connectivity index (χ4n) is 2.83. The van der Waals surface area contributed by atoms with E-state index in [2.05, 4.69) is 41.5 Å². The minimum absolute atomic E-state index is 0. The molecule has 0 aliphatic rings. The van der Waals surface area contributed by atoms with Crippen molar-refractivity contribution in [3.8, 4) is 0 Å². The van der Waals surface area contributed by atoms with E-state index in [-0.39, 0.29) is 18.3 Å². The van der Waals surface area contributed by atoms with Gasteiger partial charge in [0.15, 0.2) is 0 Å². The maximum atomic E-state index is 12.1. The van der Waals surface area contributed by atoms with E-state index in [0.717, 1.165) is 15.9 Å². The zero-order chi connectivity index (χ0) is 16.1. The monoisotopic (exact) mass is 355 g/mol. The standard InChI is InChI=1S/C20H18NOP.ClH/c1-17(22)21-23(18-11-5-2-6-12-18,19-13-7-3-8-14-19)20-15-9-4-10-16-20;/h2-16H,1H3;1H. The highest BCUT2D eigenvalue weighted by Crippen LogP contribution is 2.50. The molecule has 2 nitrogen and oxygen atoms in total. The van der Waals surface area contributed by atoms with Crippen LogP contribution in [0.3, 0.4) is 0 Å². The summed E-state index contributed by atoms with van der Waals surface area (Å²) in [5, 5.41) is 6.75. The molecule has 0 aliphatic heterocycles. The van der Waals surface area contributed by atoms with E-state index in [9.17, 15) is 4.79 Å². The molecule has 4 heteroatoms. The number of hydrogen-bond acceptors (Lipinski definition) is 1. The van der Waals surface area contributed by atoms with Crippen molar-refractivity contribution >= 4 is 29.2 Å². The molecule has 0 heterocycles. The molecule has 0 radical (unpaired) electrons. The van der Waals surface area contributed by atoms with Crippen molar-refractivity contribution in [1.82, 2.24) is 5.09 Å². The molecule has 0 spiro atoms. The topological polar surface area (TPSA) is 29.1 Å². The molecule has 0 saturated carbocycles. The summed E-state index contributed by atoms with van der Waals surface area (Å²) >= 11 is 0. The zero-order valence-electron chi connectivity index (χ0n) is 13.4. The fraction of sp³-hybridized carbons (Fsp3) is 0.0500. The smallest absolute Gasteiger partial charge is 0.249 e. The molecule has 122 valence electrons. The molecule has 3 aromatic carbocycles. The summed E-state index contributed by atoms with van der Waals surface area (Å²) in [6, 6.07) is 30.8. The van der Waals surface area contributed by atoms with E-state index < -0.39 is 7.41 Å². The average molecular weight is 356 g/mol. The summed E-state index contributed by atoms with van der Waals surface area (Å²) in [6.07, 6.45) is 0. The van der Waals surface area contributed by atoms with Gasteiger partial charge in [0.25, 0.3) is 0 Å². The number of nitrogens with one attached hydrogen (secondary N) is 1. The Kier molecular flexibility index (Phi) is 6.14. The number of carbonyl (C=O) groups is 1. The quantitative estimate of drug-likeness (QED) is 0.658. The van der Waals surface area contributed by atoms with Gasteiger partial charge in [0.1, 0.15) is 15.9 Å². The fourth-order valence-corrected chi connectivity index (χ4v) is 6.44. The van der Waals surface area contributed by atoms with Crippen LogP contribution in [0.2, 0.25) is 0 Å². The number of amides is 1. The van der Waals surface area contributed by atoms with Gasteiger partial charge in [-0.2, -0.15) is 0 Å². The maximum Gasteiger partial charge on any atom is 0.249 e. The first-order valence-electron chi connectivity index (χ1n) is 7.58. The van der Waals surface area contributed by atoms with E-state index >= 15 is 0 Å². The molecule has 3 aromatic rings. The highest BCUT2D eigenvalue weighted by atomic mass is 35.5. The van der Waals surface area contributed by atoms with Crippen LogP contribution in [0.25, 0.3) is 0 Å². The van der Waals surface area contributed by atoms with E-state index in [1.807, 2.05) is 54.6 Å². The second-order valence-corrected chi connectivity index (χ2v) is 8.46. The van der Waals surface area contributed by atoms with Crippen LogP contribution >= 0.6 is 7.41 Å². The Hall–Kier alpha value is -2.15. The predicted molar refractivity (Wildman–Crippen MR) is 99.0 cm³/mol. The zero-order valence-corrected chi connectivity index (χ0v) is 15.0. The lowest BCUT2D eigenvalue weighted by atomic mass is 10.4. The Balaban J connectivity index is 0.00000208. The Morgan fingerprint density at radius 2 is 0.958 bits per heavy atom. The van der Waals surface area contributed by atoms with E-state index in [1.54, 1.807) is 6.92 Å². The Labute approximate surface area is 149 Å². The third-order valence-electron chi connectivity index (χ3n) is 3.76. The SMILES string of the molecule is CC(=O)N[P+](c1ccccc1)(c1ccccc1)c1ccccc1.[Cl-]. The van der Waals surface area contributed by atoms with Crippen molar-refractivity contribution in [3.05, 3.63) is 91.0 Å². The van der Waals surface area contributed by atoms with E-state index in [0.29, 0.717) is 0 Å². The van der Waals surface area contributed by atoms with Gasteiger partial charge in [0.05, 0.1) is 0 Å². The first-order chi connectivity index (χ1) is 11.2. The van der Waals surface area contributed by atoms with Gasteiger partial charge < -0.3 is 12.4 Å². The van der Waals surface area contributed by atoms with Crippen LogP contribution in [-0.4, -0.2) is 5.91 Å². The van der Waals surface area contributed by atoms with Crippen LogP contribution < -0.4 is 33.4 Å². The summed E-state index contributed by atoms with van der Waals surface area (Å²) in [6.45, 7) is 1.59. The highest BCUT2D eigenvalue weighted by Gasteiger charge is 2.46. The van der Waals surface area contributed by atoms with Crippen LogP contribution in [0.1, 0.15) is 6.92 Å². The minimum Gasteiger partial charge on any atom is -1.00 e. The largest absolute Gasteiger partial charge is 1.00 e. The van der Waals surface area contributed by atoms with Crippen LogP contribution in [0, 0.1) is 0 Å². The first-order valence-corrected chi connectivity index (χ1v) is 9.37. The lowest BCUT2D eigenvalue weighted by Gasteiger charge is -2.26. The number of carbonyl (C=O) groups excluding carboxylic acids is 1. The molecule has 0 saturated heterocycles. The highest BCUT2D eigenvalue weighted by molar-refractivity contribution is 7.94. The van der Waals surface area contributed by atoms with Crippen molar-refractivity contribution in [2.24, 2.45) is 0 Å². The summed E-state index contributed by atoms with van der Waals surface area (Å²) in [5.74, 6) is -0.0186. The molecule has 0 fully saturated rings. The lowest BCUT2D eigenvalue weighted by Crippen LogP contribution is -3.00. The van der Waals surface area contributed by atoms with Gasteiger partial charge in [-0.15, -0.1) is 0 Å². The van der Waals surface area contributed by atoms with Crippen molar-refractivity contribution in [3.63, 3.8) is 0 Å². The second-order valence-electron chi connectivity index (χ2n) is 5.35. The van der Waals surface area contributed by atoms with Gasteiger partial charge in [-0.25, -0.2) is 5.09 Å². The van der Waals surface area contributed by atoms with Gasteiger partial charge in [0.2, 0.25) is 13.3 Å². The van der Waals surface area contributed by atoms with Crippen LogP contribution in [-0.2, 0) is 4.79 Å². The maximum absolute atomic E-state index is 12.1. The Morgan fingerprint density at radius 3 is 1.21 bits per heavy atom. The molecular weight excluding hydrogens is 337 g/mol. The van der Waals surface area contributed by atoms with Crippen LogP contribution in [0.4, 0.5) is 0 Å². The van der Waals surface area contributed by atoms with Gasteiger partial charge >= 0.3 is 0 Å². The minimum atomic E-state index is -2.21. The number of benzene rings is 3. The Morgan fingerprint density at radius 1 is 0.667 bits per heavy atom. The normalized spacial score (nSPS) is 10.5. The van der Waals surface area contributed by atoms with Crippen molar-refractivity contribution in [2.75, 3.05) is 0 Å². The molecule has 0 aromatic heterocycles. The predicted octanol–water partition coefficient (Wildman–Crippen LogP) is 0.0356. The summed E-state index contributed by atoms with van der Waals surface area (Å²) < 4.78 is 0. The second kappa shape index (κ2) is 8.10.